The third kappa shape index (κ3) is 2.16. The van der Waals surface area contributed by atoms with Crippen LogP contribution in [0, 0.1) is 0 Å². The Morgan fingerprint density at radius 3 is 2.87 bits per heavy atom. The number of carbonyl (C=O) groups is 1. The van der Waals surface area contributed by atoms with E-state index in [0.717, 1.165) is 15.4 Å². The molecule has 0 bridgehead atoms. The van der Waals surface area contributed by atoms with Crippen molar-refractivity contribution in [2.24, 2.45) is 0 Å². The van der Waals surface area contributed by atoms with E-state index in [4.69, 9.17) is 16.3 Å². The first-order valence-electron chi connectivity index (χ1n) is 4.22. The van der Waals surface area contributed by atoms with E-state index in [-0.39, 0.29) is 5.97 Å². The molecule has 1 aromatic carbocycles. The van der Waals surface area contributed by atoms with Gasteiger partial charge in [0.05, 0.1) is 5.02 Å². The van der Waals surface area contributed by atoms with E-state index < -0.39 is 0 Å². The highest BCUT2D eigenvalue weighted by atomic mass is 79.9. The summed E-state index contributed by atoms with van der Waals surface area (Å²) in [5.74, 6) is 0.0679. The molecule has 1 aromatic heterocycles. The maximum atomic E-state index is 10.7. The number of aromatic amines is 1. The summed E-state index contributed by atoms with van der Waals surface area (Å²) < 4.78 is 5.74. The van der Waals surface area contributed by atoms with Crippen LogP contribution in [0.15, 0.2) is 22.7 Å². The van der Waals surface area contributed by atoms with Crippen molar-refractivity contribution in [2.75, 3.05) is 0 Å². The summed E-state index contributed by atoms with van der Waals surface area (Å²) in [6.45, 7) is 1.36. The molecule has 0 atom stereocenters. The molecule has 78 valence electrons. The Labute approximate surface area is 99.5 Å². The van der Waals surface area contributed by atoms with Gasteiger partial charge in [0, 0.05) is 28.4 Å². The summed E-state index contributed by atoms with van der Waals surface area (Å²) in [5.41, 5.74) is 0.833. The van der Waals surface area contributed by atoms with E-state index in [2.05, 4.69) is 20.9 Å². The van der Waals surface area contributed by atoms with Gasteiger partial charge >= 0.3 is 5.97 Å². The zero-order chi connectivity index (χ0) is 11.0. The largest absolute Gasteiger partial charge is 0.410 e. The Morgan fingerprint density at radius 2 is 2.20 bits per heavy atom. The second-order valence-corrected chi connectivity index (χ2v) is 4.34. The third-order valence-corrected chi connectivity index (χ3v) is 3.09. The fourth-order valence-corrected chi connectivity index (χ4v) is 1.83. The summed E-state index contributed by atoms with van der Waals surface area (Å²) in [4.78, 5) is 13.7. The van der Waals surface area contributed by atoms with E-state index in [1.807, 2.05) is 6.07 Å². The molecule has 0 unspecified atom stereocenters. The fourth-order valence-electron chi connectivity index (χ4n) is 1.31. The van der Waals surface area contributed by atoms with Crippen LogP contribution >= 0.6 is 27.5 Å². The highest BCUT2D eigenvalue weighted by Crippen LogP contribution is 2.30. The second-order valence-electron chi connectivity index (χ2n) is 3.08. The number of H-pyrrole nitrogens is 1. The van der Waals surface area contributed by atoms with Crippen LogP contribution in [0.4, 0.5) is 0 Å². The number of halogens is 2. The van der Waals surface area contributed by atoms with Crippen LogP contribution in [0.5, 0.6) is 5.88 Å². The molecule has 0 radical (unpaired) electrons. The molecule has 0 saturated carbocycles. The van der Waals surface area contributed by atoms with Gasteiger partial charge in [0.1, 0.15) is 0 Å². The van der Waals surface area contributed by atoms with E-state index in [0.29, 0.717) is 10.9 Å². The summed E-state index contributed by atoms with van der Waals surface area (Å²) in [7, 11) is 0. The highest BCUT2D eigenvalue weighted by molar-refractivity contribution is 9.10. The normalized spacial score (nSPS) is 10.6. The fraction of sp³-hybridized carbons (Fsp3) is 0.100. The van der Waals surface area contributed by atoms with Gasteiger partial charge < -0.3 is 9.72 Å². The van der Waals surface area contributed by atoms with Gasteiger partial charge in [-0.1, -0.05) is 11.6 Å². The zero-order valence-electron chi connectivity index (χ0n) is 7.80. The van der Waals surface area contributed by atoms with E-state index in [9.17, 15) is 4.79 Å². The molecular formula is C10H7BrClNO2. The van der Waals surface area contributed by atoms with Crippen LogP contribution in [0.3, 0.4) is 0 Å². The van der Waals surface area contributed by atoms with Crippen molar-refractivity contribution in [3.05, 3.63) is 27.7 Å². The Morgan fingerprint density at radius 1 is 1.47 bits per heavy atom. The number of esters is 1. The molecule has 2 rings (SSSR count). The molecule has 0 saturated heterocycles. The van der Waals surface area contributed by atoms with Gasteiger partial charge in [-0.05, 0) is 28.1 Å². The Hall–Kier alpha value is -1.00. The number of fused-ring (bicyclic) bond motifs is 1. The van der Waals surface area contributed by atoms with Crippen molar-refractivity contribution in [3.63, 3.8) is 0 Å². The van der Waals surface area contributed by atoms with Crippen LogP contribution in [-0.2, 0) is 4.79 Å². The molecule has 2 aromatic rings. The minimum Gasteiger partial charge on any atom is -0.410 e. The number of rotatable bonds is 1. The molecule has 0 spiro atoms. The molecule has 0 amide bonds. The molecule has 5 heteroatoms. The van der Waals surface area contributed by atoms with Gasteiger partial charge in [0.2, 0.25) is 5.88 Å². The topological polar surface area (TPSA) is 42.1 Å². The first-order chi connectivity index (χ1) is 7.06. The van der Waals surface area contributed by atoms with Crippen molar-refractivity contribution < 1.29 is 9.53 Å². The summed E-state index contributed by atoms with van der Waals surface area (Å²) in [6, 6.07) is 5.38. The molecule has 1 heterocycles. The maximum Gasteiger partial charge on any atom is 0.309 e. The Balaban J connectivity index is 2.51. The SMILES string of the molecule is CC(=O)Oc1cc2cc(Br)c(Cl)cc2[nH]1. The number of carbonyl (C=O) groups excluding carboxylic acids is 1. The molecule has 0 fully saturated rings. The first kappa shape index (κ1) is 10.5. The number of hydrogen-bond acceptors (Lipinski definition) is 2. The van der Waals surface area contributed by atoms with Crippen LogP contribution in [0.25, 0.3) is 10.9 Å². The standard InChI is InChI=1S/C10H7BrClNO2/c1-5(14)15-10-3-6-2-7(11)8(12)4-9(6)13-10/h2-4,13H,1H3. The smallest absolute Gasteiger partial charge is 0.309 e. The Bertz CT molecular complexity index is 496. The van der Waals surface area contributed by atoms with E-state index >= 15 is 0 Å². The second kappa shape index (κ2) is 3.87. The highest BCUT2D eigenvalue weighted by Gasteiger charge is 2.06. The molecule has 0 aliphatic carbocycles. The van der Waals surface area contributed by atoms with Gasteiger partial charge in [-0.25, -0.2) is 0 Å². The number of hydrogen-bond donors (Lipinski definition) is 1. The van der Waals surface area contributed by atoms with Crippen molar-refractivity contribution in [1.29, 1.82) is 0 Å². The van der Waals surface area contributed by atoms with E-state index in [1.54, 1.807) is 12.1 Å². The molecule has 1 N–H and O–H groups in total. The van der Waals surface area contributed by atoms with Crippen LogP contribution in [-0.4, -0.2) is 11.0 Å². The average molecular weight is 289 g/mol. The molecular weight excluding hydrogens is 281 g/mol. The van der Waals surface area contributed by atoms with Crippen molar-refractivity contribution >= 4 is 44.4 Å². The lowest BCUT2D eigenvalue weighted by atomic mass is 10.2. The molecule has 0 aliphatic rings. The minimum absolute atomic E-state index is 0.355. The third-order valence-electron chi connectivity index (χ3n) is 1.89. The van der Waals surface area contributed by atoms with Crippen molar-refractivity contribution in [3.8, 4) is 5.88 Å². The maximum absolute atomic E-state index is 10.7. The quantitative estimate of drug-likeness (QED) is 0.816. The predicted octanol–water partition coefficient (Wildman–Crippen LogP) is 3.51. The van der Waals surface area contributed by atoms with Crippen molar-refractivity contribution in [1.82, 2.24) is 4.98 Å². The Kier molecular flexibility index (Phi) is 2.71. The average Bonchev–Trinajstić information content (AvgIpc) is 2.46. The predicted molar refractivity (Wildman–Crippen MR) is 62.3 cm³/mol. The summed E-state index contributed by atoms with van der Waals surface area (Å²) in [6.07, 6.45) is 0. The number of aromatic nitrogens is 1. The van der Waals surface area contributed by atoms with Gasteiger partial charge in [0.15, 0.2) is 0 Å². The van der Waals surface area contributed by atoms with Gasteiger partial charge in [-0.15, -0.1) is 0 Å². The van der Waals surface area contributed by atoms with Gasteiger partial charge in [-0.2, -0.15) is 0 Å². The number of benzene rings is 1. The van der Waals surface area contributed by atoms with Crippen LogP contribution < -0.4 is 4.74 Å². The zero-order valence-corrected chi connectivity index (χ0v) is 10.1. The minimum atomic E-state index is -0.355. The van der Waals surface area contributed by atoms with Gasteiger partial charge in [-0.3, -0.25) is 4.79 Å². The van der Waals surface area contributed by atoms with Crippen LogP contribution in [0.2, 0.25) is 5.02 Å². The lowest BCUT2D eigenvalue weighted by Gasteiger charge is -1.95. The summed E-state index contributed by atoms with van der Waals surface area (Å²) in [5, 5.41) is 1.54. The van der Waals surface area contributed by atoms with Crippen LogP contribution in [0.1, 0.15) is 6.92 Å². The monoisotopic (exact) mass is 287 g/mol. The lowest BCUT2D eigenvalue weighted by Crippen LogP contribution is -2.00. The number of ether oxygens (including phenoxy) is 1. The van der Waals surface area contributed by atoms with Gasteiger partial charge in [0.25, 0.3) is 0 Å². The lowest BCUT2D eigenvalue weighted by molar-refractivity contribution is -0.132. The molecule has 15 heavy (non-hydrogen) atoms. The first-order valence-corrected chi connectivity index (χ1v) is 5.39. The van der Waals surface area contributed by atoms with Crippen molar-refractivity contribution in [2.45, 2.75) is 6.92 Å². The molecule has 0 aliphatic heterocycles. The summed E-state index contributed by atoms with van der Waals surface area (Å²) >= 11 is 9.25. The van der Waals surface area contributed by atoms with E-state index in [1.165, 1.54) is 6.92 Å². The molecule has 3 nitrogen and oxygen atoms in total. The number of nitrogens with one attached hydrogen (secondary N) is 1.